The largest absolute Gasteiger partial charge is 0.366 e. The maximum Gasteiger partial charge on any atom is 0.143 e. The quantitative estimate of drug-likeness (QED) is 0.745. The Labute approximate surface area is 88.3 Å². The van der Waals surface area contributed by atoms with Gasteiger partial charge in [0.25, 0.3) is 0 Å². The molecule has 0 saturated carbocycles. The number of anilines is 1. The smallest absolute Gasteiger partial charge is 0.143 e. The van der Waals surface area contributed by atoms with Crippen molar-refractivity contribution in [2.75, 3.05) is 24.5 Å². The summed E-state index contributed by atoms with van der Waals surface area (Å²) in [5.74, 6) is 0.482. The van der Waals surface area contributed by atoms with Gasteiger partial charge in [0, 0.05) is 31.7 Å². The zero-order valence-corrected chi connectivity index (χ0v) is 8.49. The van der Waals surface area contributed by atoms with Gasteiger partial charge in [-0.05, 0) is 12.3 Å². The van der Waals surface area contributed by atoms with Crippen LogP contribution in [0.4, 0.5) is 10.1 Å². The molecule has 1 N–H and O–H groups in total. The molecule has 2 aliphatic heterocycles. The fourth-order valence-corrected chi connectivity index (χ4v) is 2.73. The number of nitrogens with one attached hydrogen (secondary N) is 1. The zero-order valence-electron chi connectivity index (χ0n) is 8.49. The van der Waals surface area contributed by atoms with E-state index in [1.165, 1.54) is 12.6 Å². The van der Waals surface area contributed by atoms with Crippen LogP contribution in [0.2, 0.25) is 0 Å². The highest BCUT2D eigenvalue weighted by atomic mass is 19.1. The van der Waals surface area contributed by atoms with Gasteiger partial charge in [-0.3, -0.25) is 4.98 Å². The molecule has 0 amide bonds. The molecule has 2 fully saturated rings. The monoisotopic (exact) mass is 207 g/mol. The fourth-order valence-electron chi connectivity index (χ4n) is 2.73. The van der Waals surface area contributed by atoms with Crippen LogP contribution in [0, 0.1) is 11.7 Å². The van der Waals surface area contributed by atoms with Gasteiger partial charge in [0.15, 0.2) is 0 Å². The zero-order chi connectivity index (χ0) is 10.3. The van der Waals surface area contributed by atoms with E-state index >= 15 is 0 Å². The first-order valence-corrected chi connectivity index (χ1v) is 5.42. The molecule has 0 radical (unpaired) electrons. The summed E-state index contributed by atoms with van der Waals surface area (Å²) in [5.41, 5.74) is 0.922. The maximum absolute atomic E-state index is 13.1. The van der Waals surface area contributed by atoms with Crippen LogP contribution in [0.1, 0.15) is 6.42 Å². The lowest BCUT2D eigenvalue weighted by Gasteiger charge is -2.25. The van der Waals surface area contributed by atoms with E-state index in [-0.39, 0.29) is 5.82 Å². The van der Waals surface area contributed by atoms with Crippen molar-refractivity contribution in [2.24, 2.45) is 5.92 Å². The lowest BCUT2D eigenvalue weighted by atomic mass is 10.1. The van der Waals surface area contributed by atoms with E-state index in [1.54, 1.807) is 12.3 Å². The Bertz CT molecular complexity index is 369. The van der Waals surface area contributed by atoms with Gasteiger partial charge >= 0.3 is 0 Å². The summed E-state index contributed by atoms with van der Waals surface area (Å²) in [5, 5.41) is 3.38. The number of hydrogen-bond donors (Lipinski definition) is 1. The number of aromatic nitrogens is 1. The number of halogens is 1. The normalized spacial score (nSPS) is 29.5. The Morgan fingerprint density at radius 1 is 1.40 bits per heavy atom. The van der Waals surface area contributed by atoms with Crippen LogP contribution < -0.4 is 10.2 Å². The van der Waals surface area contributed by atoms with Gasteiger partial charge in [-0.25, -0.2) is 4.39 Å². The van der Waals surface area contributed by atoms with Crippen molar-refractivity contribution >= 4 is 5.69 Å². The van der Waals surface area contributed by atoms with E-state index in [0.717, 1.165) is 31.2 Å². The van der Waals surface area contributed by atoms with Gasteiger partial charge in [-0.15, -0.1) is 0 Å². The van der Waals surface area contributed by atoms with Crippen molar-refractivity contribution in [1.82, 2.24) is 10.3 Å². The molecule has 80 valence electrons. The second-order valence-electron chi connectivity index (χ2n) is 4.33. The molecular formula is C11H14FN3. The molecule has 0 aromatic carbocycles. The summed E-state index contributed by atoms with van der Waals surface area (Å²) in [6.45, 7) is 3.15. The first-order valence-electron chi connectivity index (χ1n) is 5.42. The Kier molecular flexibility index (Phi) is 2.09. The minimum atomic E-state index is -0.248. The van der Waals surface area contributed by atoms with E-state index in [1.807, 2.05) is 0 Å². The van der Waals surface area contributed by atoms with Gasteiger partial charge < -0.3 is 10.2 Å². The minimum absolute atomic E-state index is 0.248. The number of hydrogen-bond acceptors (Lipinski definition) is 3. The molecular weight excluding hydrogens is 193 g/mol. The third kappa shape index (κ3) is 1.49. The van der Waals surface area contributed by atoms with Gasteiger partial charge in [0.1, 0.15) is 5.82 Å². The van der Waals surface area contributed by atoms with Crippen molar-refractivity contribution < 1.29 is 4.39 Å². The van der Waals surface area contributed by atoms with Gasteiger partial charge in [-0.1, -0.05) is 0 Å². The highest BCUT2D eigenvalue weighted by Crippen LogP contribution is 2.31. The average molecular weight is 207 g/mol. The lowest BCUT2D eigenvalue weighted by molar-refractivity contribution is 0.577. The molecule has 2 saturated heterocycles. The summed E-state index contributed by atoms with van der Waals surface area (Å²) in [4.78, 5) is 6.18. The molecule has 1 aromatic heterocycles. The third-order valence-electron chi connectivity index (χ3n) is 3.47. The number of rotatable bonds is 1. The van der Waals surface area contributed by atoms with Crippen LogP contribution in [-0.2, 0) is 0 Å². The molecule has 3 rings (SSSR count). The van der Waals surface area contributed by atoms with Gasteiger partial charge in [0.2, 0.25) is 0 Å². The summed E-state index contributed by atoms with van der Waals surface area (Å²) >= 11 is 0. The van der Waals surface area contributed by atoms with Crippen molar-refractivity contribution in [3.8, 4) is 0 Å². The van der Waals surface area contributed by atoms with E-state index in [2.05, 4.69) is 15.2 Å². The summed E-state index contributed by atoms with van der Waals surface area (Å²) < 4.78 is 13.1. The third-order valence-corrected chi connectivity index (χ3v) is 3.47. The molecule has 0 bridgehead atoms. The van der Waals surface area contributed by atoms with Crippen LogP contribution in [0.3, 0.4) is 0 Å². The first kappa shape index (κ1) is 9.09. The fraction of sp³-hybridized carbons (Fsp3) is 0.545. The van der Waals surface area contributed by atoms with Crippen LogP contribution in [0.5, 0.6) is 0 Å². The molecule has 0 spiro atoms. The Hall–Kier alpha value is -1.16. The highest BCUT2D eigenvalue weighted by Gasteiger charge is 2.37. The standard InChI is InChI=1S/C11H14FN3/c12-9-3-10(6-14-5-9)15-2-1-8-4-13-7-11(8)15/h3,5-6,8,11,13H,1-2,4,7H2/t8-,11+/m1/s1. The van der Waals surface area contributed by atoms with Gasteiger partial charge in [-0.2, -0.15) is 0 Å². The molecule has 3 heterocycles. The van der Waals surface area contributed by atoms with Crippen LogP contribution in [0.15, 0.2) is 18.5 Å². The van der Waals surface area contributed by atoms with Crippen LogP contribution in [-0.4, -0.2) is 30.7 Å². The van der Waals surface area contributed by atoms with Crippen LogP contribution >= 0.6 is 0 Å². The van der Waals surface area contributed by atoms with Crippen LogP contribution in [0.25, 0.3) is 0 Å². The van der Waals surface area contributed by atoms with Gasteiger partial charge in [0.05, 0.1) is 18.1 Å². The van der Waals surface area contributed by atoms with Crippen molar-refractivity contribution in [3.63, 3.8) is 0 Å². The molecule has 1 aromatic rings. The van der Waals surface area contributed by atoms with E-state index in [4.69, 9.17) is 0 Å². The number of pyridine rings is 1. The second-order valence-corrected chi connectivity index (χ2v) is 4.33. The predicted molar refractivity (Wildman–Crippen MR) is 56.3 cm³/mol. The Balaban J connectivity index is 1.88. The lowest BCUT2D eigenvalue weighted by Crippen LogP contribution is -2.34. The second kappa shape index (κ2) is 3.45. The van der Waals surface area contributed by atoms with E-state index in [0.29, 0.717) is 6.04 Å². The van der Waals surface area contributed by atoms with Crippen molar-refractivity contribution in [1.29, 1.82) is 0 Å². The molecule has 2 atom stereocenters. The molecule has 3 nitrogen and oxygen atoms in total. The number of nitrogens with zero attached hydrogens (tertiary/aromatic N) is 2. The molecule has 0 unspecified atom stereocenters. The van der Waals surface area contributed by atoms with Crippen molar-refractivity contribution in [2.45, 2.75) is 12.5 Å². The topological polar surface area (TPSA) is 28.2 Å². The average Bonchev–Trinajstić information content (AvgIpc) is 2.77. The maximum atomic E-state index is 13.1. The van der Waals surface area contributed by atoms with Crippen molar-refractivity contribution in [3.05, 3.63) is 24.3 Å². The number of fused-ring (bicyclic) bond motifs is 1. The molecule has 4 heteroatoms. The SMILES string of the molecule is Fc1cncc(N2CC[C@@H]3CNC[C@@H]32)c1. The molecule has 0 aliphatic carbocycles. The predicted octanol–water partition coefficient (Wildman–Crippen LogP) is 1.02. The first-order chi connectivity index (χ1) is 7.34. The summed E-state index contributed by atoms with van der Waals surface area (Å²) in [6.07, 6.45) is 4.21. The van der Waals surface area contributed by atoms with E-state index < -0.39 is 0 Å². The van der Waals surface area contributed by atoms with E-state index in [9.17, 15) is 4.39 Å². The summed E-state index contributed by atoms with van der Waals surface area (Å²) in [7, 11) is 0. The Morgan fingerprint density at radius 2 is 2.33 bits per heavy atom. The Morgan fingerprint density at radius 3 is 3.20 bits per heavy atom. The minimum Gasteiger partial charge on any atom is -0.366 e. The molecule has 15 heavy (non-hydrogen) atoms. The molecule has 2 aliphatic rings. The highest BCUT2D eigenvalue weighted by molar-refractivity contribution is 5.47. The summed E-state index contributed by atoms with van der Waals surface area (Å²) in [6, 6.07) is 2.11.